The lowest BCUT2D eigenvalue weighted by molar-refractivity contribution is -0.137. The molecule has 2 aliphatic rings. The Balaban J connectivity index is 1.56. The normalized spacial score (nSPS) is 26.5. The highest BCUT2D eigenvalue weighted by atomic mass is 19.4. The van der Waals surface area contributed by atoms with Gasteiger partial charge in [-0.3, -0.25) is 4.79 Å². The van der Waals surface area contributed by atoms with E-state index in [-0.39, 0.29) is 24.0 Å². The second-order valence-electron chi connectivity index (χ2n) is 6.29. The van der Waals surface area contributed by atoms with Gasteiger partial charge >= 0.3 is 6.18 Å². The van der Waals surface area contributed by atoms with Crippen LogP contribution in [0.5, 0.6) is 0 Å². The number of carbonyl (C=O) groups is 1. The van der Waals surface area contributed by atoms with Gasteiger partial charge in [0.05, 0.1) is 17.7 Å². The number of alkyl halides is 3. The molecule has 0 saturated carbocycles. The predicted octanol–water partition coefficient (Wildman–Crippen LogP) is 1.76. The van der Waals surface area contributed by atoms with Gasteiger partial charge in [-0.15, -0.1) is 0 Å². The van der Waals surface area contributed by atoms with Crippen LogP contribution in [0.25, 0.3) is 0 Å². The van der Waals surface area contributed by atoms with Crippen LogP contribution in [-0.2, 0) is 11.0 Å². The summed E-state index contributed by atoms with van der Waals surface area (Å²) in [5.41, 5.74) is -0.799. The highest BCUT2D eigenvalue weighted by molar-refractivity contribution is 5.83. The Labute approximate surface area is 143 Å². The maximum atomic E-state index is 12.5. The van der Waals surface area contributed by atoms with Gasteiger partial charge in [-0.05, 0) is 31.4 Å². The molecule has 0 radical (unpaired) electrons. The van der Waals surface area contributed by atoms with Crippen LogP contribution >= 0.6 is 0 Å². The first-order valence-corrected chi connectivity index (χ1v) is 8.12. The summed E-state index contributed by atoms with van der Waals surface area (Å²) in [4.78, 5) is 17.9. The monoisotopic (exact) mass is 353 g/mol. The molecule has 2 aliphatic heterocycles. The first-order valence-electron chi connectivity index (χ1n) is 8.12. The summed E-state index contributed by atoms with van der Waals surface area (Å²) >= 11 is 0. The van der Waals surface area contributed by atoms with E-state index in [9.17, 15) is 18.0 Å². The molecule has 3 heterocycles. The molecule has 3 rings (SSSR count). The van der Waals surface area contributed by atoms with Gasteiger partial charge in [0.2, 0.25) is 5.91 Å². The van der Waals surface area contributed by atoms with E-state index < -0.39 is 11.7 Å². The molecule has 1 aromatic rings. The van der Waals surface area contributed by atoms with Gasteiger partial charge in [-0.25, -0.2) is 4.98 Å². The van der Waals surface area contributed by atoms with Gasteiger partial charge in [0.15, 0.2) is 0 Å². The number of pyridine rings is 1. The van der Waals surface area contributed by atoms with Gasteiger partial charge in [-0.1, -0.05) is 0 Å². The molecular formula is C16H18F3N5O. The number of nitrogens with zero attached hydrogens (tertiary/aromatic N) is 3. The van der Waals surface area contributed by atoms with Crippen LogP contribution in [0.3, 0.4) is 0 Å². The summed E-state index contributed by atoms with van der Waals surface area (Å²) < 4.78 is 37.6. The topological polar surface area (TPSA) is 81.1 Å². The minimum atomic E-state index is -4.41. The lowest BCUT2D eigenvalue weighted by atomic mass is 10.1. The number of anilines is 1. The van der Waals surface area contributed by atoms with Crippen molar-refractivity contribution in [2.24, 2.45) is 0 Å². The molecule has 2 N–H and O–H groups in total. The number of rotatable bonds is 3. The standard InChI is InChI=1S/C16H18F3N5O/c17-16(18,19)10-3-4-14(22-8-10)23-11-6-13(21-9-11)15(25)24-5-1-2-12(24)7-20/h3-4,8,11-13,21H,1-2,5-6,9H2,(H,22,23)/t11-,12-,13-/m0/s1. The zero-order valence-corrected chi connectivity index (χ0v) is 13.4. The molecule has 0 bridgehead atoms. The highest BCUT2D eigenvalue weighted by Crippen LogP contribution is 2.29. The van der Waals surface area contributed by atoms with E-state index in [1.54, 1.807) is 4.90 Å². The Morgan fingerprint density at radius 1 is 1.44 bits per heavy atom. The molecule has 0 aromatic carbocycles. The van der Waals surface area contributed by atoms with Gasteiger partial charge in [0.25, 0.3) is 0 Å². The Morgan fingerprint density at radius 2 is 2.24 bits per heavy atom. The summed E-state index contributed by atoms with van der Waals surface area (Å²) in [5, 5.41) is 15.2. The fourth-order valence-corrected chi connectivity index (χ4v) is 3.25. The maximum Gasteiger partial charge on any atom is 0.417 e. The van der Waals surface area contributed by atoms with Crippen molar-refractivity contribution < 1.29 is 18.0 Å². The van der Waals surface area contributed by atoms with Crippen LogP contribution in [0, 0.1) is 11.3 Å². The fraction of sp³-hybridized carbons (Fsp3) is 0.562. The Hall–Kier alpha value is -2.34. The third-order valence-corrected chi connectivity index (χ3v) is 4.56. The van der Waals surface area contributed by atoms with E-state index in [4.69, 9.17) is 5.26 Å². The van der Waals surface area contributed by atoms with Crippen molar-refractivity contribution in [1.82, 2.24) is 15.2 Å². The molecule has 1 amide bonds. The molecule has 0 spiro atoms. The molecule has 2 fully saturated rings. The van der Waals surface area contributed by atoms with E-state index in [0.717, 1.165) is 18.7 Å². The molecule has 0 unspecified atom stereocenters. The van der Waals surface area contributed by atoms with Crippen LogP contribution < -0.4 is 10.6 Å². The third kappa shape index (κ3) is 3.85. The van der Waals surface area contributed by atoms with Gasteiger partial charge in [0, 0.05) is 25.3 Å². The van der Waals surface area contributed by atoms with E-state index in [2.05, 4.69) is 21.7 Å². The summed E-state index contributed by atoms with van der Waals surface area (Å²) in [6, 6.07) is 3.54. The predicted molar refractivity (Wildman–Crippen MR) is 83.4 cm³/mol. The summed E-state index contributed by atoms with van der Waals surface area (Å²) in [6.45, 7) is 1.10. The number of aromatic nitrogens is 1. The van der Waals surface area contributed by atoms with Crippen molar-refractivity contribution in [1.29, 1.82) is 5.26 Å². The zero-order chi connectivity index (χ0) is 18.0. The lowest BCUT2D eigenvalue weighted by Crippen LogP contribution is -2.45. The summed E-state index contributed by atoms with van der Waals surface area (Å²) in [6.07, 6.45) is -1.60. The van der Waals surface area contributed by atoms with Crippen molar-refractivity contribution in [3.8, 4) is 6.07 Å². The first-order chi connectivity index (χ1) is 11.9. The second-order valence-corrected chi connectivity index (χ2v) is 6.29. The maximum absolute atomic E-state index is 12.5. The largest absolute Gasteiger partial charge is 0.417 e. The molecule has 0 aliphatic carbocycles. The number of amides is 1. The van der Waals surface area contributed by atoms with Crippen molar-refractivity contribution in [3.05, 3.63) is 23.9 Å². The number of hydrogen-bond donors (Lipinski definition) is 2. The van der Waals surface area contributed by atoms with Crippen LogP contribution in [0.15, 0.2) is 18.3 Å². The average Bonchev–Trinajstić information content (AvgIpc) is 3.23. The number of nitriles is 1. The quantitative estimate of drug-likeness (QED) is 0.865. The molecular weight excluding hydrogens is 335 g/mol. The van der Waals surface area contributed by atoms with E-state index in [0.29, 0.717) is 31.7 Å². The second kappa shape index (κ2) is 6.88. The molecule has 2 saturated heterocycles. The Morgan fingerprint density at radius 3 is 2.88 bits per heavy atom. The molecule has 25 heavy (non-hydrogen) atoms. The lowest BCUT2D eigenvalue weighted by Gasteiger charge is -2.23. The minimum Gasteiger partial charge on any atom is -0.366 e. The molecule has 9 heteroatoms. The number of hydrogen-bond acceptors (Lipinski definition) is 5. The SMILES string of the molecule is N#C[C@@H]1CCCN1C(=O)[C@@H]1C[C@H](Nc2ccc(C(F)(F)F)cn2)CN1. The van der Waals surface area contributed by atoms with E-state index in [1.165, 1.54) is 6.07 Å². The summed E-state index contributed by atoms with van der Waals surface area (Å²) in [7, 11) is 0. The van der Waals surface area contributed by atoms with Crippen LogP contribution in [0.4, 0.5) is 19.0 Å². The van der Waals surface area contributed by atoms with Crippen molar-refractivity contribution >= 4 is 11.7 Å². The van der Waals surface area contributed by atoms with Gasteiger partial charge in [0.1, 0.15) is 11.9 Å². The van der Waals surface area contributed by atoms with Crippen molar-refractivity contribution in [3.63, 3.8) is 0 Å². The molecule has 134 valence electrons. The molecule has 3 atom stereocenters. The Kier molecular flexibility index (Phi) is 4.81. The van der Waals surface area contributed by atoms with Crippen LogP contribution in [0.1, 0.15) is 24.8 Å². The fourth-order valence-electron chi connectivity index (χ4n) is 3.25. The first kappa shape index (κ1) is 17.5. The van der Waals surface area contributed by atoms with E-state index in [1.807, 2.05) is 0 Å². The Bertz CT molecular complexity index is 670. The summed E-state index contributed by atoms with van der Waals surface area (Å²) in [5.74, 6) is 0.248. The molecule has 1 aromatic heterocycles. The zero-order valence-electron chi connectivity index (χ0n) is 13.4. The highest BCUT2D eigenvalue weighted by Gasteiger charge is 2.37. The molecule has 6 nitrogen and oxygen atoms in total. The van der Waals surface area contributed by atoms with Gasteiger partial charge < -0.3 is 15.5 Å². The third-order valence-electron chi connectivity index (χ3n) is 4.56. The minimum absolute atomic E-state index is 0.0891. The average molecular weight is 353 g/mol. The van der Waals surface area contributed by atoms with Crippen molar-refractivity contribution in [2.75, 3.05) is 18.4 Å². The van der Waals surface area contributed by atoms with Crippen molar-refractivity contribution in [2.45, 2.75) is 43.6 Å². The number of likely N-dealkylation sites (tertiary alicyclic amines) is 1. The number of halogens is 3. The van der Waals surface area contributed by atoms with Crippen LogP contribution in [-0.4, -0.2) is 47.0 Å². The van der Waals surface area contributed by atoms with Gasteiger partial charge in [-0.2, -0.15) is 18.4 Å². The smallest absolute Gasteiger partial charge is 0.366 e. The number of nitrogens with one attached hydrogen (secondary N) is 2. The van der Waals surface area contributed by atoms with E-state index >= 15 is 0 Å². The number of carbonyl (C=O) groups excluding carboxylic acids is 1. The van der Waals surface area contributed by atoms with Crippen LogP contribution in [0.2, 0.25) is 0 Å².